The normalized spacial score (nSPS) is 13.3. The van der Waals surface area contributed by atoms with Crippen molar-refractivity contribution in [2.24, 2.45) is 0 Å². The maximum absolute atomic E-state index is 13.6. The maximum Gasteiger partial charge on any atom is 0.390 e. The molecule has 0 aromatic heterocycles. The van der Waals surface area contributed by atoms with Gasteiger partial charge in [-0.3, -0.25) is 0 Å². The fraction of sp³-hybridized carbons (Fsp3) is 0.455. The second-order valence-electron chi connectivity index (χ2n) is 3.52. The molecule has 7 heteroatoms. The summed E-state index contributed by atoms with van der Waals surface area (Å²) < 4.78 is 60.1. The highest BCUT2D eigenvalue weighted by molar-refractivity contribution is 9.09. The summed E-state index contributed by atoms with van der Waals surface area (Å²) in [6, 6.07) is 2.19. The molecule has 0 amide bonds. The van der Waals surface area contributed by atoms with Crippen LogP contribution >= 0.6 is 15.9 Å². The van der Waals surface area contributed by atoms with E-state index in [1.807, 2.05) is 0 Å². The molecule has 0 saturated heterocycles. The first-order chi connectivity index (χ1) is 8.28. The Hall–Kier alpha value is -0.980. The Balaban J connectivity index is 3.09. The summed E-state index contributed by atoms with van der Waals surface area (Å²) in [6.07, 6.45) is -5.55. The van der Waals surface area contributed by atoms with Crippen molar-refractivity contribution < 1.29 is 27.0 Å². The first kappa shape index (κ1) is 15.1. The van der Waals surface area contributed by atoms with Crippen LogP contribution in [0.3, 0.4) is 0 Å². The lowest BCUT2D eigenvalue weighted by molar-refractivity contribution is -0.134. The lowest BCUT2D eigenvalue weighted by Gasteiger charge is -2.16. The Bertz CT molecular complexity index is 420. The molecule has 1 unspecified atom stereocenters. The molecule has 2 nitrogen and oxygen atoms in total. The minimum atomic E-state index is -4.38. The molecule has 0 aliphatic carbocycles. The van der Waals surface area contributed by atoms with Crippen LogP contribution in [0.1, 0.15) is 16.8 Å². The van der Waals surface area contributed by atoms with Crippen LogP contribution in [0.2, 0.25) is 0 Å². The Morgan fingerprint density at radius 3 is 2.11 bits per heavy atom. The maximum atomic E-state index is 13.6. The number of benzene rings is 1. The predicted octanol–water partition coefficient (Wildman–Crippen LogP) is 4.23. The van der Waals surface area contributed by atoms with Crippen LogP contribution in [-0.4, -0.2) is 20.4 Å². The van der Waals surface area contributed by atoms with E-state index < -0.39 is 23.2 Å². The second-order valence-corrected chi connectivity index (χ2v) is 4.62. The lowest BCUT2D eigenvalue weighted by Crippen LogP contribution is -2.11. The van der Waals surface area contributed by atoms with Crippen LogP contribution < -0.4 is 9.47 Å². The van der Waals surface area contributed by atoms with Gasteiger partial charge < -0.3 is 9.47 Å². The number of alkyl halides is 4. The largest absolute Gasteiger partial charge is 0.493 e. The van der Waals surface area contributed by atoms with Crippen molar-refractivity contribution in [2.75, 3.05) is 14.2 Å². The monoisotopic (exact) mass is 330 g/mol. The molecule has 0 fully saturated rings. The molecule has 0 aliphatic rings. The quantitative estimate of drug-likeness (QED) is 0.607. The second kappa shape index (κ2) is 5.77. The van der Waals surface area contributed by atoms with Crippen molar-refractivity contribution in [1.29, 1.82) is 0 Å². The molecule has 0 heterocycles. The van der Waals surface area contributed by atoms with Crippen LogP contribution in [0.5, 0.6) is 11.5 Å². The van der Waals surface area contributed by atoms with E-state index in [9.17, 15) is 17.6 Å². The molecular formula is C11H11BrF4O2. The van der Waals surface area contributed by atoms with Crippen LogP contribution in [0, 0.1) is 5.82 Å². The van der Waals surface area contributed by atoms with Gasteiger partial charge in [-0.05, 0) is 6.07 Å². The van der Waals surface area contributed by atoms with E-state index in [0.29, 0.717) is 0 Å². The van der Waals surface area contributed by atoms with Crippen molar-refractivity contribution in [3.8, 4) is 11.5 Å². The average Bonchev–Trinajstić information content (AvgIpc) is 2.26. The topological polar surface area (TPSA) is 18.5 Å². The summed E-state index contributed by atoms with van der Waals surface area (Å²) in [5.74, 6) is -0.468. The number of methoxy groups -OCH3 is 2. The van der Waals surface area contributed by atoms with Crippen molar-refractivity contribution in [1.82, 2.24) is 0 Å². The number of halogens is 5. The third-order valence-electron chi connectivity index (χ3n) is 2.25. The van der Waals surface area contributed by atoms with Crippen molar-refractivity contribution >= 4 is 15.9 Å². The van der Waals surface area contributed by atoms with Gasteiger partial charge in [0.05, 0.1) is 25.5 Å². The first-order valence-electron chi connectivity index (χ1n) is 4.90. The van der Waals surface area contributed by atoms with E-state index in [0.717, 1.165) is 6.07 Å². The summed E-state index contributed by atoms with van der Waals surface area (Å²) in [5, 5.41) is 0. The zero-order valence-corrected chi connectivity index (χ0v) is 11.2. The third-order valence-corrected chi connectivity index (χ3v) is 3.07. The molecule has 1 aromatic carbocycles. The highest BCUT2D eigenvalue weighted by Gasteiger charge is 2.33. The summed E-state index contributed by atoms with van der Waals surface area (Å²) >= 11 is 2.83. The van der Waals surface area contributed by atoms with Gasteiger partial charge in [0.15, 0.2) is 11.5 Å². The fourth-order valence-corrected chi connectivity index (χ4v) is 2.14. The van der Waals surface area contributed by atoms with E-state index in [1.165, 1.54) is 20.3 Å². The van der Waals surface area contributed by atoms with Gasteiger partial charge in [-0.2, -0.15) is 13.2 Å². The Morgan fingerprint density at radius 1 is 1.17 bits per heavy atom. The molecule has 0 radical (unpaired) electrons. The van der Waals surface area contributed by atoms with Gasteiger partial charge in [0.1, 0.15) is 5.82 Å². The zero-order chi connectivity index (χ0) is 13.9. The summed E-state index contributed by atoms with van der Waals surface area (Å²) in [6.45, 7) is 0. The highest BCUT2D eigenvalue weighted by Crippen LogP contribution is 2.40. The Kier molecular flexibility index (Phi) is 4.84. The van der Waals surface area contributed by atoms with Crippen LogP contribution in [0.15, 0.2) is 12.1 Å². The molecule has 1 atom stereocenters. The minimum absolute atomic E-state index is 0.120. The van der Waals surface area contributed by atoms with E-state index in [-0.39, 0.29) is 17.1 Å². The molecule has 0 spiro atoms. The van der Waals surface area contributed by atoms with Gasteiger partial charge >= 0.3 is 6.18 Å². The molecule has 1 rings (SSSR count). The van der Waals surface area contributed by atoms with Gasteiger partial charge in [-0.15, -0.1) is 0 Å². The average molecular weight is 331 g/mol. The van der Waals surface area contributed by atoms with Crippen LogP contribution in [-0.2, 0) is 0 Å². The Morgan fingerprint density at radius 2 is 1.67 bits per heavy atom. The van der Waals surface area contributed by atoms with Gasteiger partial charge in [0, 0.05) is 11.6 Å². The molecule has 102 valence electrons. The number of hydrogen-bond donors (Lipinski definition) is 0. The number of ether oxygens (including phenoxy) is 2. The SMILES string of the molecule is COc1cc(F)c(C(Br)CC(F)(F)F)cc1OC. The van der Waals surface area contributed by atoms with E-state index in [4.69, 9.17) is 9.47 Å². The number of rotatable bonds is 4. The predicted molar refractivity (Wildman–Crippen MR) is 61.8 cm³/mol. The van der Waals surface area contributed by atoms with Crippen molar-refractivity contribution in [2.45, 2.75) is 17.4 Å². The smallest absolute Gasteiger partial charge is 0.390 e. The molecule has 0 aliphatic heterocycles. The standard InChI is InChI=1S/C11H11BrF4O2/c1-17-9-3-6(7(12)5-11(14,15)16)8(13)4-10(9)18-2/h3-4,7H,5H2,1-2H3. The van der Waals surface area contributed by atoms with Gasteiger partial charge in [-0.25, -0.2) is 4.39 Å². The minimum Gasteiger partial charge on any atom is -0.493 e. The van der Waals surface area contributed by atoms with Gasteiger partial charge in [0.2, 0.25) is 0 Å². The highest BCUT2D eigenvalue weighted by atomic mass is 79.9. The van der Waals surface area contributed by atoms with Gasteiger partial charge in [-0.1, -0.05) is 15.9 Å². The summed E-state index contributed by atoms with van der Waals surface area (Å²) in [7, 11) is 2.64. The van der Waals surface area contributed by atoms with Gasteiger partial charge in [0.25, 0.3) is 0 Å². The zero-order valence-electron chi connectivity index (χ0n) is 9.65. The first-order valence-corrected chi connectivity index (χ1v) is 5.82. The lowest BCUT2D eigenvalue weighted by atomic mass is 10.1. The number of hydrogen-bond acceptors (Lipinski definition) is 2. The Labute approximate surface area is 110 Å². The van der Waals surface area contributed by atoms with E-state index in [1.54, 1.807) is 0 Å². The van der Waals surface area contributed by atoms with Crippen LogP contribution in [0.4, 0.5) is 17.6 Å². The van der Waals surface area contributed by atoms with Crippen molar-refractivity contribution in [3.63, 3.8) is 0 Å². The van der Waals surface area contributed by atoms with E-state index >= 15 is 0 Å². The molecular weight excluding hydrogens is 320 g/mol. The molecule has 0 bridgehead atoms. The molecule has 18 heavy (non-hydrogen) atoms. The summed E-state index contributed by atoms with van der Waals surface area (Å²) in [5.41, 5.74) is -0.120. The fourth-order valence-electron chi connectivity index (χ4n) is 1.42. The molecule has 0 N–H and O–H groups in total. The van der Waals surface area contributed by atoms with Crippen molar-refractivity contribution in [3.05, 3.63) is 23.5 Å². The summed E-state index contributed by atoms with van der Waals surface area (Å²) in [4.78, 5) is -1.17. The molecule has 1 aromatic rings. The van der Waals surface area contributed by atoms with E-state index in [2.05, 4.69) is 15.9 Å². The molecule has 0 saturated carbocycles. The van der Waals surface area contributed by atoms with Crippen LogP contribution in [0.25, 0.3) is 0 Å². The third kappa shape index (κ3) is 3.76.